The molecule has 0 saturated heterocycles. The summed E-state index contributed by atoms with van der Waals surface area (Å²) in [5.74, 6) is 0. The Bertz CT molecular complexity index is 56.3. The standard InChI is InChI=1S/C2H4O.CN.Na/c1-2-3;1-2;/h2-3H,1H2;;. The normalized spacial score (nSPS) is 3.50. The van der Waals surface area contributed by atoms with Gasteiger partial charge in [0.15, 0.2) is 0 Å². The second kappa shape index (κ2) is 19.8. The van der Waals surface area contributed by atoms with E-state index < -0.39 is 0 Å². The topological polar surface area (TPSA) is 44.0 Å². The zero-order chi connectivity index (χ0) is 5.41. The number of aliphatic hydroxyl groups excluding tert-OH is 1. The van der Waals surface area contributed by atoms with Gasteiger partial charge < -0.3 is 5.11 Å². The second-order valence-corrected chi connectivity index (χ2v) is 0.853. The van der Waals surface area contributed by atoms with Crippen molar-refractivity contribution in [1.82, 2.24) is 0 Å². The van der Waals surface area contributed by atoms with E-state index in [1.54, 1.807) is 0 Å². The maximum atomic E-state index is 7.38. The summed E-state index contributed by atoms with van der Waals surface area (Å²) in [6.07, 6.45) is 0.750. The van der Waals surface area contributed by atoms with Gasteiger partial charge in [-0.3, -0.25) is 0 Å². The molecular formula is C3H4NNaO. The van der Waals surface area contributed by atoms with Gasteiger partial charge in [-0.05, 0) is 0 Å². The minimum atomic E-state index is 0.674. The van der Waals surface area contributed by atoms with Gasteiger partial charge in [0, 0.05) is 0 Å². The molecule has 0 aromatic heterocycles. The van der Waals surface area contributed by atoms with Gasteiger partial charge in [0.2, 0.25) is 0 Å². The predicted molar refractivity (Wildman–Crippen MR) is 24.2 cm³/mol. The molecule has 3 heteroatoms. The summed E-state index contributed by atoms with van der Waals surface area (Å²) < 4.78 is 1.89. The van der Waals surface area contributed by atoms with Crippen molar-refractivity contribution in [1.29, 1.82) is 5.26 Å². The van der Waals surface area contributed by atoms with Crippen LogP contribution in [0.1, 0.15) is 0 Å². The van der Waals surface area contributed by atoms with E-state index >= 15 is 0 Å². The van der Waals surface area contributed by atoms with Crippen LogP contribution in [-0.4, -0.2) is 33.0 Å². The molecule has 1 N–H and O–H groups in total. The monoisotopic (exact) mass is 93.0 g/mol. The molecule has 0 aliphatic rings. The summed E-state index contributed by atoms with van der Waals surface area (Å²) in [6, 6.07) is 0. The summed E-state index contributed by atoms with van der Waals surface area (Å²) in [7, 11) is 0. The first-order chi connectivity index (χ1) is 2.83. The van der Waals surface area contributed by atoms with Crippen LogP contribution in [0, 0.1) is 8.58 Å². The van der Waals surface area contributed by atoms with Crippen molar-refractivity contribution >= 4 is 27.9 Å². The fraction of sp³-hybridized carbons (Fsp3) is 0. The molecule has 0 bridgehead atoms. The van der Waals surface area contributed by atoms with Crippen LogP contribution in [0.15, 0.2) is 12.8 Å². The molecular weight excluding hydrogens is 89.0 g/mol. The van der Waals surface area contributed by atoms with Crippen LogP contribution in [-0.2, 0) is 0 Å². The third-order valence-electron chi connectivity index (χ3n) is 0. The molecule has 0 aliphatic heterocycles. The minimum absolute atomic E-state index is 0.674. The summed E-state index contributed by atoms with van der Waals surface area (Å²) in [4.78, 5) is 0. The van der Waals surface area contributed by atoms with Gasteiger partial charge in [-0.15, -0.1) is 0 Å². The van der Waals surface area contributed by atoms with Crippen molar-refractivity contribution in [3.8, 4) is 3.32 Å². The SMILES string of the molecule is C=CO.N#[C][Na]. The molecule has 2 nitrogen and oxygen atoms in total. The zero-order valence-corrected chi connectivity index (χ0v) is 5.68. The first-order valence-corrected chi connectivity index (χ1v) is 2.39. The molecule has 0 radical (unpaired) electrons. The average molecular weight is 93.1 g/mol. The molecule has 0 heterocycles. The Labute approximate surface area is 54.5 Å². The van der Waals surface area contributed by atoms with Gasteiger partial charge >= 0.3 is 36.5 Å². The second-order valence-electron chi connectivity index (χ2n) is 0.406. The number of hydrogen-bond donors (Lipinski definition) is 1. The Morgan fingerprint density at radius 1 is 2.00 bits per heavy atom. The van der Waals surface area contributed by atoms with E-state index in [0.717, 1.165) is 6.26 Å². The Morgan fingerprint density at radius 3 is 2.00 bits per heavy atom. The van der Waals surface area contributed by atoms with Gasteiger partial charge in [0.25, 0.3) is 0 Å². The number of nitrogens with zero attached hydrogens (tertiary/aromatic N) is 1. The molecule has 0 amide bonds. The fourth-order valence-electron chi connectivity index (χ4n) is 0. The van der Waals surface area contributed by atoms with Gasteiger partial charge in [0.1, 0.15) is 0 Å². The zero-order valence-electron chi connectivity index (χ0n) is 3.68. The van der Waals surface area contributed by atoms with E-state index in [1.807, 2.05) is 3.32 Å². The number of aliphatic hydroxyl groups is 1. The molecule has 28 valence electrons. The van der Waals surface area contributed by atoms with Crippen LogP contribution in [0.2, 0.25) is 0 Å². The van der Waals surface area contributed by atoms with Gasteiger partial charge in [-0.25, -0.2) is 0 Å². The Morgan fingerprint density at radius 2 is 2.00 bits per heavy atom. The van der Waals surface area contributed by atoms with Crippen molar-refractivity contribution < 1.29 is 5.11 Å². The molecule has 0 fully saturated rings. The van der Waals surface area contributed by atoms with Crippen molar-refractivity contribution in [3.05, 3.63) is 12.8 Å². The van der Waals surface area contributed by atoms with E-state index in [-0.39, 0.29) is 0 Å². The van der Waals surface area contributed by atoms with Crippen molar-refractivity contribution in [2.24, 2.45) is 0 Å². The van der Waals surface area contributed by atoms with Gasteiger partial charge in [0.05, 0.1) is 6.26 Å². The van der Waals surface area contributed by atoms with E-state index in [4.69, 9.17) is 10.4 Å². The van der Waals surface area contributed by atoms with Crippen LogP contribution in [0.3, 0.4) is 0 Å². The summed E-state index contributed by atoms with van der Waals surface area (Å²) in [6.45, 7) is 2.92. The molecule has 0 aliphatic carbocycles. The quantitative estimate of drug-likeness (QED) is 0.346. The average Bonchev–Trinajstić information content (AvgIpc) is 1.39. The molecule has 6 heavy (non-hydrogen) atoms. The van der Waals surface area contributed by atoms with E-state index in [9.17, 15) is 0 Å². The van der Waals surface area contributed by atoms with Crippen molar-refractivity contribution in [2.75, 3.05) is 0 Å². The number of rotatable bonds is 0. The van der Waals surface area contributed by atoms with Gasteiger partial charge in [-0.1, -0.05) is 6.58 Å². The third kappa shape index (κ3) is 41100. The van der Waals surface area contributed by atoms with E-state index in [1.165, 1.54) is 0 Å². The van der Waals surface area contributed by atoms with Crippen LogP contribution < -0.4 is 0 Å². The number of hydrogen-bond acceptors (Lipinski definition) is 2. The first-order valence-electron chi connectivity index (χ1n) is 1.39. The van der Waals surface area contributed by atoms with Crippen molar-refractivity contribution in [3.63, 3.8) is 0 Å². The molecule has 0 rings (SSSR count). The third-order valence-corrected chi connectivity index (χ3v) is 0. The van der Waals surface area contributed by atoms with Crippen LogP contribution in [0.5, 0.6) is 0 Å². The molecule has 0 unspecified atom stereocenters. The van der Waals surface area contributed by atoms with Crippen LogP contribution in [0.4, 0.5) is 0 Å². The maximum absolute atomic E-state index is 7.38. The molecule has 0 aromatic rings. The fourth-order valence-corrected chi connectivity index (χ4v) is 0. The first kappa shape index (κ1) is 9.39. The summed E-state index contributed by atoms with van der Waals surface area (Å²) in [5.41, 5.74) is 0. The van der Waals surface area contributed by atoms with Gasteiger partial charge in [-0.2, -0.15) is 0 Å². The van der Waals surface area contributed by atoms with E-state index in [2.05, 4.69) is 6.58 Å². The Hall–Kier alpha value is 0.0300. The van der Waals surface area contributed by atoms with E-state index in [0.29, 0.717) is 27.9 Å². The number of nitriles is 1. The predicted octanol–water partition coefficient (Wildman–Crippen LogP) is 0.324. The molecule has 0 atom stereocenters. The Balaban J connectivity index is 0. The summed E-state index contributed by atoms with van der Waals surface area (Å²) in [5, 5.41) is 14.7. The van der Waals surface area contributed by atoms with Crippen molar-refractivity contribution in [2.45, 2.75) is 0 Å². The molecule has 0 aromatic carbocycles. The van der Waals surface area contributed by atoms with Crippen LogP contribution >= 0.6 is 0 Å². The molecule has 0 saturated carbocycles. The molecule has 0 spiro atoms. The Kier molecular flexibility index (Phi) is 31.0. The van der Waals surface area contributed by atoms with Crippen LogP contribution in [0.25, 0.3) is 0 Å². The summed E-state index contributed by atoms with van der Waals surface area (Å²) >= 11 is 0.674.